The maximum Gasteiger partial charge on any atom is 0.319 e. The fraction of sp³-hybridized carbons (Fsp3) is 0.353. The van der Waals surface area contributed by atoms with Crippen molar-refractivity contribution in [2.45, 2.75) is 26.8 Å². The molecular formula is C17H22N4O2S. The van der Waals surface area contributed by atoms with Crippen molar-refractivity contribution in [1.29, 1.82) is 0 Å². The molecular weight excluding hydrogens is 324 g/mol. The van der Waals surface area contributed by atoms with Gasteiger partial charge >= 0.3 is 6.03 Å². The largest absolute Gasteiger partial charge is 0.345 e. The van der Waals surface area contributed by atoms with Crippen LogP contribution in [0.3, 0.4) is 0 Å². The number of anilines is 1. The van der Waals surface area contributed by atoms with Crippen molar-refractivity contribution in [2.75, 3.05) is 19.4 Å². The minimum Gasteiger partial charge on any atom is -0.345 e. The van der Waals surface area contributed by atoms with E-state index in [0.29, 0.717) is 11.3 Å². The summed E-state index contributed by atoms with van der Waals surface area (Å²) in [6.07, 6.45) is 0. The molecule has 1 unspecified atom stereocenters. The van der Waals surface area contributed by atoms with Crippen LogP contribution in [0.4, 0.5) is 10.5 Å². The number of nitrogens with zero attached hydrogens (tertiary/aromatic N) is 2. The zero-order valence-electron chi connectivity index (χ0n) is 14.5. The number of nitrogens with one attached hydrogen (secondary N) is 2. The number of carbonyl (C=O) groups excluding carboxylic acids is 2. The van der Waals surface area contributed by atoms with Crippen LogP contribution >= 0.6 is 11.3 Å². The van der Waals surface area contributed by atoms with E-state index >= 15 is 0 Å². The SMILES string of the molecule is Cc1nc(C(C)NC(=O)Nc2ccc(C(=O)N(C)C)c(C)c2)cs1. The molecule has 2 aromatic rings. The van der Waals surface area contributed by atoms with Crippen LogP contribution in [0.1, 0.15) is 39.6 Å². The first kappa shape index (κ1) is 17.9. The number of hydrogen-bond donors (Lipinski definition) is 2. The number of benzene rings is 1. The van der Waals surface area contributed by atoms with Gasteiger partial charge in [0.2, 0.25) is 0 Å². The smallest absolute Gasteiger partial charge is 0.319 e. The summed E-state index contributed by atoms with van der Waals surface area (Å²) in [5.74, 6) is -0.0592. The molecule has 2 N–H and O–H groups in total. The van der Waals surface area contributed by atoms with Crippen molar-refractivity contribution in [3.63, 3.8) is 0 Å². The first-order chi connectivity index (χ1) is 11.3. The zero-order valence-corrected chi connectivity index (χ0v) is 15.3. The van der Waals surface area contributed by atoms with E-state index in [0.717, 1.165) is 16.3 Å². The van der Waals surface area contributed by atoms with Crippen molar-refractivity contribution in [1.82, 2.24) is 15.2 Å². The third-order valence-electron chi connectivity index (χ3n) is 3.55. The maximum atomic E-state index is 12.1. The summed E-state index contributed by atoms with van der Waals surface area (Å²) < 4.78 is 0. The number of carbonyl (C=O) groups is 2. The molecule has 0 saturated carbocycles. The number of aromatic nitrogens is 1. The molecule has 0 spiro atoms. The van der Waals surface area contributed by atoms with Crippen LogP contribution < -0.4 is 10.6 Å². The van der Waals surface area contributed by atoms with Gasteiger partial charge in [-0.25, -0.2) is 9.78 Å². The third-order valence-corrected chi connectivity index (χ3v) is 4.34. The lowest BCUT2D eigenvalue weighted by molar-refractivity contribution is 0.0827. The molecule has 3 amide bonds. The Morgan fingerprint density at radius 3 is 2.50 bits per heavy atom. The molecule has 1 aromatic carbocycles. The lowest BCUT2D eigenvalue weighted by atomic mass is 10.1. The Morgan fingerprint density at radius 2 is 1.96 bits per heavy atom. The number of aryl methyl sites for hydroxylation is 2. The van der Waals surface area contributed by atoms with E-state index in [1.54, 1.807) is 43.6 Å². The lowest BCUT2D eigenvalue weighted by Crippen LogP contribution is -2.31. The van der Waals surface area contributed by atoms with Crippen molar-refractivity contribution in [2.24, 2.45) is 0 Å². The summed E-state index contributed by atoms with van der Waals surface area (Å²) in [4.78, 5) is 30.0. The highest BCUT2D eigenvalue weighted by Gasteiger charge is 2.14. The molecule has 6 nitrogen and oxygen atoms in total. The molecule has 1 heterocycles. The van der Waals surface area contributed by atoms with Gasteiger partial charge in [-0.3, -0.25) is 4.79 Å². The summed E-state index contributed by atoms with van der Waals surface area (Å²) in [5.41, 5.74) is 2.92. The van der Waals surface area contributed by atoms with Crippen LogP contribution in [0.25, 0.3) is 0 Å². The summed E-state index contributed by atoms with van der Waals surface area (Å²) >= 11 is 1.55. The van der Waals surface area contributed by atoms with E-state index in [-0.39, 0.29) is 18.0 Å². The van der Waals surface area contributed by atoms with Gasteiger partial charge in [0.25, 0.3) is 5.91 Å². The second kappa shape index (κ2) is 7.44. The predicted molar refractivity (Wildman–Crippen MR) is 96.6 cm³/mol. The van der Waals surface area contributed by atoms with Crippen molar-refractivity contribution >= 4 is 29.0 Å². The maximum absolute atomic E-state index is 12.1. The Bertz CT molecular complexity index is 755. The van der Waals surface area contributed by atoms with Gasteiger partial charge < -0.3 is 15.5 Å². The fourth-order valence-corrected chi connectivity index (χ4v) is 2.95. The van der Waals surface area contributed by atoms with Gasteiger partial charge in [0.15, 0.2) is 0 Å². The zero-order chi connectivity index (χ0) is 17.9. The van der Waals surface area contributed by atoms with Crippen LogP contribution in [0, 0.1) is 13.8 Å². The van der Waals surface area contributed by atoms with Crippen LogP contribution in [0.2, 0.25) is 0 Å². The molecule has 0 saturated heterocycles. The normalized spacial score (nSPS) is 11.7. The van der Waals surface area contributed by atoms with Crippen molar-refractivity contribution < 1.29 is 9.59 Å². The Kier molecular flexibility index (Phi) is 5.56. The quantitative estimate of drug-likeness (QED) is 0.891. The number of urea groups is 1. The second-order valence-corrected chi connectivity index (χ2v) is 6.90. The Morgan fingerprint density at radius 1 is 1.25 bits per heavy atom. The summed E-state index contributed by atoms with van der Waals surface area (Å²) in [6.45, 7) is 5.67. The molecule has 1 aromatic heterocycles. The monoisotopic (exact) mass is 346 g/mol. The Labute approximate surface area is 145 Å². The lowest BCUT2D eigenvalue weighted by Gasteiger charge is -2.15. The van der Waals surface area contributed by atoms with Crippen LogP contribution in [-0.4, -0.2) is 35.9 Å². The number of hydrogen-bond acceptors (Lipinski definition) is 4. The van der Waals surface area contributed by atoms with Gasteiger partial charge in [-0.15, -0.1) is 11.3 Å². The molecule has 0 aliphatic rings. The van der Waals surface area contributed by atoms with Crippen LogP contribution in [0.5, 0.6) is 0 Å². The van der Waals surface area contributed by atoms with Crippen molar-refractivity contribution in [3.05, 3.63) is 45.4 Å². The average Bonchev–Trinajstić information content (AvgIpc) is 2.93. The molecule has 0 radical (unpaired) electrons. The molecule has 7 heteroatoms. The van der Waals surface area contributed by atoms with Gasteiger partial charge in [0, 0.05) is 30.7 Å². The van der Waals surface area contributed by atoms with E-state index in [4.69, 9.17) is 0 Å². The minimum atomic E-state index is -0.306. The fourth-order valence-electron chi connectivity index (χ4n) is 2.24. The second-order valence-electron chi connectivity index (χ2n) is 5.84. The topological polar surface area (TPSA) is 74.3 Å². The van der Waals surface area contributed by atoms with E-state index in [9.17, 15) is 9.59 Å². The van der Waals surface area contributed by atoms with Crippen LogP contribution in [-0.2, 0) is 0 Å². The van der Waals surface area contributed by atoms with E-state index < -0.39 is 0 Å². The molecule has 2 rings (SSSR count). The van der Waals surface area contributed by atoms with Gasteiger partial charge in [0.05, 0.1) is 16.7 Å². The highest BCUT2D eigenvalue weighted by Crippen LogP contribution is 2.18. The number of thiazole rings is 1. The Balaban J connectivity index is 2.01. The predicted octanol–water partition coefficient (Wildman–Crippen LogP) is 3.34. The Hall–Kier alpha value is -2.41. The third kappa shape index (κ3) is 4.32. The van der Waals surface area contributed by atoms with E-state index in [2.05, 4.69) is 15.6 Å². The van der Waals surface area contributed by atoms with E-state index in [1.807, 2.05) is 26.2 Å². The van der Waals surface area contributed by atoms with Gasteiger partial charge in [-0.1, -0.05) is 0 Å². The van der Waals surface area contributed by atoms with Gasteiger partial charge in [-0.05, 0) is 44.5 Å². The first-order valence-electron chi connectivity index (χ1n) is 7.59. The molecule has 0 aliphatic heterocycles. The van der Waals surface area contributed by atoms with Crippen LogP contribution in [0.15, 0.2) is 23.6 Å². The minimum absolute atomic E-state index is 0.0592. The molecule has 0 fully saturated rings. The standard InChI is InChI=1S/C17H22N4O2S/c1-10-8-13(6-7-14(10)16(22)21(4)5)20-17(23)18-11(2)15-9-24-12(3)19-15/h6-9,11H,1-5H3,(H2,18,20,23). The van der Waals surface area contributed by atoms with Crippen molar-refractivity contribution in [3.8, 4) is 0 Å². The molecule has 0 aliphatic carbocycles. The number of rotatable bonds is 4. The molecule has 24 heavy (non-hydrogen) atoms. The van der Waals surface area contributed by atoms with Gasteiger partial charge in [0.1, 0.15) is 0 Å². The molecule has 0 bridgehead atoms. The first-order valence-corrected chi connectivity index (χ1v) is 8.47. The molecule has 1 atom stereocenters. The van der Waals surface area contributed by atoms with E-state index in [1.165, 1.54) is 4.90 Å². The highest BCUT2D eigenvalue weighted by molar-refractivity contribution is 7.09. The highest BCUT2D eigenvalue weighted by atomic mass is 32.1. The van der Waals surface area contributed by atoms with Gasteiger partial charge in [-0.2, -0.15) is 0 Å². The summed E-state index contributed by atoms with van der Waals surface area (Å²) in [6, 6.07) is 4.75. The average molecular weight is 346 g/mol. The number of amides is 3. The summed E-state index contributed by atoms with van der Waals surface area (Å²) in [5, 5.41) is 8.54. The molecule has 128 valence electrons. The summed E-state index contributed by atoms with van der Waals surface area (Å²) in [7, 11) is 3.42.